The Balaban J connectivity index is 1.77. The Kier molecular flexibility index (Phi) is 5.63. The number of anilines is 2. The van der Waals surface area contributed by atoms with E-state index in [1.807, 2.05) is 31.2 Å². The third-order valence-electron chi connectivity index (χ3n) is 6.45. The first-order chi connectivity index (χ1) is 15.0. The van der Waals surface area contributed by atoms with Gasteiger partial charge in [-0.15, -0.1) is 0 Å². The average Bonchev–Trinajstić information content (AvgIpc) is 2.71. The highest BCUT2D eigenvalue weighted by atomic mass is 35.5. The third kappa shape index (κ3) is 3.82. The molecule has 0 spiro atoms. The maximum Gasteiger partial charge on any atom is 0.270 e. The summed E-state index contributed by atoms with van der Waals surface area (Å²) < 4.78 is 0. The number of rotatable bonds is 2. The van der Waals surface area contributed by atoms with E-state index in [9.17, 15) is 9.59 Å². The molecule has 1 unspecified atom stereocenters. The fourth-order valence-electron chi connectivity index (χ4n) is 4.46. The van der Waals surface area contributed by atoms with Gasteiger partial charge in [-0.25, -0.2) is 0 Å². The maximum atomic E-state index is 13.3. The first-order valence-corrected chi connectivity index (χ1v) is 11.3. The van der Waals surface area contributed by atoms with Gasteiger partial charge in [0, 0.05) is 23.3 Å². The van der Waals surface area contributed by atoms with Crippen LogP contribution in [-0.2, 0) is 9.59 Å². The van der Waals surface area contributed by atoms with Gasteiger partial charge < -0.3 is 4.90 Å². The van der Waals surface area contributed by atoms with E-state index in [-0.39, 0.29) is 16.2 Å². The minimum Gasteiger partial charge on any atom is -0.369 e. The number of nitrogens with one attached hydrogen (secondary N) is 1. The van der Waals surface area contributed by atoms with E-state index < -0.39 is 11.8 Å². The van der Waals surface area contributed by atoms with Gasteiger partial charge in [-0.3, -0.25) is 19.8 Å². The Morgan fingerprint density at radius 1 is 1.19 bits per heavy atom. The zero-order valence-electron chi connectivity index (χ0n) is 18.8. The van der Waals surface area contributed by atoms with Crippen molar-refractivity contribution in [3.63, 3.8) is 0 Å². The van der Waals surface area contributed by atoms with Crippen LogP contribution in [0.1, 0.15) is 49.8 Å². The Labute approximate surface area is 199 Å². The molecule has 166 valence electrons. The van der Waals surface area contributed by atoms with E-state index in [0.29, 0.717) is 22.2 Å². The molecule has 2 aromatic carbocycles. The largest absolute Gasteiger partial charge is 0.369 e. The van der Waals surface area contributed by atoms with E-state index in [1.165, 1.54) is 4.90 Å². The molecule has 1 N–H and O–H groups in total. The van der Waals surface area contributed by atoms with Crippen molar-refractivity contribution in [1.29, 1.82) is 0 Å². The van der Waals surface area contributed by atoms with Crippen molar-refractivity contribution in [3.05, 3.63) is 63.7 Å². The summed E-state index contributed by atoms with van der Waals surface area (Å²) >= 11 is 11.9. The van der Waals surface area contributed by atoms with E-state index in [4.69, 9.17) is 23.8 Å². The van der Waals surface area contributed by atoms with Crippen LogP contribution in [-0.4, -0.2) is 29.5 Å². The van der Waals surface area contributed by atoms with E-state index in [0.717, 1.165) is 23.2 Å². The fourth-order valence-corrected chi connectivity index (χ4v) is 4.95. The fraction of sp³-hybridized carbons (Fsp3) is 0.320. The van der Waals surface area contributed by atoms with Crippen LogP contribution in [0.4, 0.5) is 11.4 Å². The number of nitrogens with zero attached hydrogens (tertiary/aromatic N) is 2. The van der Waals surface area contributed by atoms with Crippen molar-refractivity contribution in [3.8, 4) is 0 Å². The van der Waals surface area contributed by atoms with Gasteiger partial charge in [0.25, 0.3) is 11.8 Å². The first-order valence-electron chi connectivity index (χ1n) is 10.5. The lowest BCUT2D eigenvalue weighted by Crippen LogP contribution is -2.54. The molecule has 4 rings (SSSR count). The lowest BCUT2D eigenvalue weighted by molar-refractivity contribution is -0.122. The van der Waals surface area contributed by atoms with Gasteiger partial charge in [-0.1, -0.05) is 36.2 Å². The average molecular weight is 468 g/mol. The standard InChI is InChI=1S/C25H26ClN3O2S/c1-14-6-8-17(9-7-14)29-23(31)19(22(30)27-24(29)32)11-16-10-18-15(2)13-25(3,4)28(5)21(18)12-20(16)26/h6-12,15H,13H2,1-5H3,(H,27,30,32)/b19-11+. The van der Waals surface area contributed by atoms with Gasteiger partial charge in [0.05, 0.1) is 5.69 Å². The summed E-state index contributed by atoms with van der Waals surface area (Å²) in [5.41, 5.74) is 4.54. The second-order valence-electron chi connectivity index (χ2n) is 9.20. The van der Waals surface area contributed by atoms with Crippen molar-refractivity contribution in [2.75, 3.05) is 16.8 Å². The van der Waals surface area contributed by atoms with Crippen molar-refractivity contribution in [2.45, 2.75) is 45.6 Å². The van der Waals surface area contributed by atoms with Gasteiger partial charge in [0.15, 0.2) is 5.11 Å². The zero-order valence-corrected chi connectivity index (χ0v) is 20.4. The van der Waals surface area contributed by atoms with Gasteiger partial charge in [-0.2, -0.15) is 0 Å². The highest BCUT2D eigenvalue weighted by molar-refractivity contribution is 7.80. The molecule has 0 aromatic heterocycles. The quantitative estimate of drug-likeness (QED) is 0.374. The van der Waals surface area contributed by atoms with Gasteiger partial charge in [0.2, 0.25) is 0 Å². The second kappa shape index (κ2) is 8.01. The lowest BCUT2D eigenvalue weighted by atomic mass is 9.80. The normalized spacial score (nSPS) is 21.6. The molecule has 2 amide bonds. The van der Waals surface area contributed by atoms with E-state index in [2.05, 4.69) is 38.0 Å². The second-order valence-corrected chi connectivity index (χ2v) is 10.00. The molecule has 7 heteroatoms. The van der Waals surface area contributed by atoms with Gasteiger partial charge >= 0.3 is 0 Å². The molecular weight excluding hydrogens is 442 g/mol. The molecule has 0 saturated carbocycles. The minimum absolute atomic E-state index is 0.00169. The summed E-state index contributed by atoms with van der Waals surface area (Å²) in [5, 5.41) is 3.18. The van der Waals surface area contributed by atoms with Crippen LogP contribution in [0.2, 0.25) is 5.02 Å². The Bertz CT molecular complexity index is 1170. The van der Waals surface area contributed by atoms with Crippen LogP contribution in [0.15, 0.2) is 42.0 Å². The minimum atomic E-state index is -0.525. The number of halogens is 1. The number of benzene rings is 2. The zero-order chi connectivity index (χ0) is 23.4. The van der Waals surface area contributed by atoms with Crippen LogP contribution in [0.3, 0.4) is 0 Å². The van der Waals surface area contributed by atoms with Crippen LogP contribution in [0, 0.1) is 6.92 Å². The molecule has 5 nitrogen and oxygen atoms in total. The third-order valence-corrected chi connectivity index (χ3v) is 7.06. The predicted molar refractivity (Wildman–Crippen MR) is 134 cm³/mol. The molecule has 2 heterocycles. The maximum absolute atomic E-state index is 13.3. The molecule has 32 heavy (non-hydrogen) atoms. The number of aryl methyl sites for hydroxylation is 1. The lowest BCUT2D eigenvalue weighted by Gasteiger charge is -2.45. The topological polar surface area (TPSA) is 52.7 Å². The SMILES string of the molecule is Cc1ccc(N2C(=O)/C(=C/c3cc4c(cc3Cl)N(C)C(C)(C)CC4C)C(=O)NC2=S)cc1. The molecule has 2 aliphatic heterocycles. The monoisotopic (exact) mass is 467 g/mol. The number of carbonyl (C=O) groups excluding carboxylic acids is 2. The smallest absolute Gasteiger partial charge is 0.270 e. The number of fused-ring (bicyclic) bond motifs is 1. The highest BCUT2D eigenvalue weighted by Crippen LogP contribution is 2.44. The summed E-state index contributed by atoms with van der Waals surface area (Å²) in [6.07, 6.45) is 2.55. The molecule has 1 atom stereocenters. The van der Waals surface area contributed by atoms with Crippen molar-refractivity contribution < 1.29 is 9.59 Å². The molecule has 0 aliphatic carbocycles. The van der Waals surface area contributed by atoms with Crippen LogP contribution in [0.25, 0.3) is 6.08 Å². The van der Waals surface area contributed by atoms with E-state index in [1.54, 1.807) is 18.2 Å². The number of amides is 2. The molecule has 1 fully saturated rings. The summed E-state index contributed by atoms with van der Waals surface area (Å²) in [6, 6.07) is 11.3. The van der Waals surface area contributed by atoms with Gasteiger partial charge in [0.1, 0.15) is 5.57 Å². The number of carbonyl (C=O) groups is 2. The first kappa shape index (κ1) is 22.5. The number of hydrogen-bond acceptors (Lipinski definition) is 4. The van der Waals surface area contributed by atoms with Crippen molar-refractivity contribution in [2.24, 2.45) is 0 Å². The Morgan fingerprint density at radius 2 is 1.84 bits per heavy atom. The molecule has 0 radical (unpaired) electrons. The van der Waals surface area contributed by atoms with Gasteiger partial charge in [-0.05, 0) is 86.8 Å². The Morgan fingerprint density at radius 3 is 2.50 bits per heavy atom. The molecule has 0 bridgehead atoms. The Hall–Kier alpha value is -2.70. The molecule has 2 aromatic rings. The van der Waals surface area contributed by atoms with Crippen molar-refractivity contribution >= 4 is 58.2 Å². The molecule has 2 aliphatic rings. The highest BCUT2D eigenvalue weighted by Gasteiger charge is 2.36. The summed E-state index contributed by atoms with van der Waals surface area (Å²) in [5.74, 6) is -0.677. The molecular formula is C25H26ClN3O2S. The summed E-state index contributed by atoms with van der Waals surface area (Å²) in [7, 11) is 2.07. The van der Waals surface area contributed by atoms with Crippen LogP contribution < -0.4 is 15.1 Å². The number of hydrogen-bond donors (Lipinski definition) is 1. The molecule has 1 saturated heterocycles. The summed E-state index contributed by atoms with van der Waals surface area (Å²) in [6.45, 7) is 8.58. The van der Waals surface area contributed by atoms with Crippen LogP contribution >= 0.6 is 23.8 Å². The van der Waals surface area contributed by atoms with E-state index >= 15 is 0 Å². The summed E-state index contributed by atoms with van der Waals surface area (Å²) in [4.78, 5) is 29.6. The predicted octanol–water partition coefficient (Wildman–Crippen LogP) is 5.20. The number of thiocarbonyl (C=S) groups is 1. The van der Waals surface area contributed by atoms with Crippen molar-refractivity contribution in [1.82, 2.24) is 5.32 Å². The van der Waals surface area contributed by atoms with Crippen LogP contribution in [0.5, 0.6) is 0 Å².